The third-order valence-corrected chi connectivity index (χ3v) is 5.99. The molecule has 3 heterocycles. The van der Waals surface area contributed by atoms with Crippen molar-refractivity contribution >= 4 is 17.2 Å². The molecule has 0 saturated carbocycles. The monoisotopic (exact) mass is 439 g/mol. The number of para-hydroxylation sites is 1. The van der Waals surface area contributed by atoms with Crippen molar-refractivity contribution in [2.75, 3.05) is 18.8 Å². The molecule has 1 aliphatic heterocycles. The molecular formula is C26H25N5O2. The fraction of sp³-hybridized carbons (Fsp3) is 0.192. The predicted octanol–water partition coefficient (Wildman–Crippen LogP) is 4.66. The van der Waals surface area contributed by atoms with Gasteiger partial charge in [-0.25, -0.2) is 9.97 Å². The van der Waals surface area contributed by atoms with Gasteiger partial charge in [-0.05, 0) is 55.3 Å². The predicted molar refractivity (Wildman–Crippen MR) is 128 cm³/mol. The molecule has 2 aromatic heterocycles. The van der Waals surface area contributed by atoms with Crippen LogP contribution in [-0.2, 0) is 4.79 Å². The zero-order valence-corrected chi connectivity index (χ0v) is 18.2. The van der Waals surface area contributed by atoms with Crippen molar-refractivity contribution in [3.05, 3.63) is 85.5 Å². The number of nitrogens with two attached hydrogens (primary N) is 1. The van der Waals surface area contributed by atoms with Crippen LogP contribution in [0.5, 0.6) is 11.5 Å². The Morgan fingerprint density at radius 3 is 2.64 bits per heavy atom. The average Bonchev–Trinajstić information content (AvgIpc) is 3.26. The van der Waals surface area contributed by atoms with Crippen molar-refractivity contribution in [3.8, 4) is 22.8 Å². The molecule has 1 saturated heterocycles. The van der Waals surface area contributed by atoms with E-state index >= 15 is 0 Å². The number of ether oxygens (including phenoxy) is 1. The van der Waals surface area contributed by atoms with Crippen LogP contribution in [0.1, 0.15) is 24.6 Å². The summed E-state index contributed by atoms with van der Waals surface area (Å²) in [7, 11) is 0. The van der Waals surface area contributed by atoms with E-state index in [-0.39, 0.29) is 11.8 Å². The lowest BCUT2D eigenvalue weighted by Crippen LogP contribution is -2.38. The van der Waals surface area contributed by atoms with E-state index in [1.165, 1.54) is 6.08 Å². The van der Waals surface area contributed by atoms with Crippen LogP contribution in [0.4, 0.5) is 5.82 Å². The largest absolute Gasteiger partial charge is 0.457 e. The van der Waals surface area contributed by atoms with Crippen molar-refractivity contribution in [1.82, 2.24) is 19.3 Å². The molecule has 4 aromatic rings. The summed E-state index contributed by atoms with van der Waals surface area (Å²) in [6.45, 7) is 4.97. The van der Waals surface area contributed by atoms with Gasteiger partial charge in [0.15, 0.2) is 0 Å². The summed E-state index contributed by atoms with van der Waals surface area (Å²) in [5.74, 6) is 2.89. The average molecular weight is 440 g/mol. The molecule has 7 nitrogen and oxygen atoms in total. The second kappa shape index (κ2) is 8.78. The van der Waals surface area contributed by atoms with Gasteiger partial charge in [0.25, 0.3) is 0 Å². The number of fused-ring (bicyclic) bond motifs is 1. The standard InChI is InChI=1S/C26H25N5O2/c1-2-22(32)30-15-6-7-19(17-30)26-29-23(24-25(27)28-14-16-31(24)26)18-10-12-21(13-11-18)33-20-8-4-3-5-9-20/h2-5,8-14,16,19H,1,6-7,15,17H2,(H2,27,28). The molecule has 0 spiro atoms. The van der Waals surface area contributed by atoms with Crippen molar-refractivity contribution < 1.29 is 9.53 Å². The molecule has 5 rings (SSSR count). The second-order valence-electron chi connectivity index (χ2n) is 8.12. The van der Waals surface area contributed by atoms with Crippen LogP contribution < -0.4 is 10.5 Å². The zero-order chi connectivity index (χ0) is 22.8. The molecule has 1 atom stereocenters. The van der Waals surface area contributed by atoms with Gasteiger partial charge < -0.3 is 15.4 Å². The topological polar surface area (TPSA) is 85.8 Å². The Bertz CT molecular complexity index is 1300. The molecule has 2 aromatic carbocycles. The number of piperidine rings is 1. The Morgan fingerprint density at radius 2 is 1.88 bits per heavy atom. The number of amides is 1. The summed E-state index contributed by atoms with van der Waals surface area (Å²) in [4.78, 5) is 23.3. The highest BCUT2D eigenvalue weighted by Gasteiger charge is 2.28. The van der Waals surface area contributed by atoms with E-state index in [0.29, 0.717) is 12.4 Å². The molecule has 1 amide bonds. The van der Waals surface area contributed by atoms with E-state index in [1.54, 1.807) is 6.20 Å². The number of rotatable bonds is 5. The van der Waals surface area contributed by atoms with Gasteiger partial charge in [-0.3, -0.25) is 9.20 Å². The highest BCUT2D eigenvalue weighted by Crippen LogP contribution is 2.34. The van der Waals surface area contributed by atoms with Gasteiger partial charge in [0.05, 0.1) is 0 Å². The Balaban J connectivity index is 1.50. The number of carbonyl (C=O) groups excluding carboxylic acids is 1. The summed E-state index contributed by atoms with van der Waals surface area (Å²) in [6.07, 6.45) is 6.81. The van der Waals surface area contributed by atoms with E-state index in [0.717, 1.165) is 53.5 Å². The van der Waals surface area contributed by atoms with Crippen LogP contribution in [0.3, 0.4) is 0 Å². The number of aromatic nitrogens is 3. The number of imidazole rings is 1. The van der Waals surface area contributed by atoms with Gasteiger partial charge in [-0.15, -0.1) is 0 Å². The van der Waals surface area contributed by atoms with Gasteiger partial charge in [0, 0.05) is 37.0 Å². The number of carbonyl (C=O) groups is 1. The summed E-state index contributed by atoms with van der Waals surface area (Å²) in [5.41, 5.74) is 8.76. The highest BCUT2D eigenvalue weighted by atomic mass is 16.5. The van der Waals surface area contributed by atoms with E-state index in [2.05, 4.69) is 11.6 Å². The summed E-state index contributed by atoms with van der Waals surface area (Å²) in [5, 5.41) is 0. The Hall–Kier alpha value is -4.13. The van der Waals surface area contributed by atoms with Gasteiger partial charge in [-0.1, -0.05) is 24.8 Å². The first-order chi connectivity index (χ1) is 16.1. The number of benzene rings is 2. The van der Waals surface area contributed by atoms with Crippen LogP contribution in [0.25, 0.3) is 16.8 Å². The summed E-state index contributed by atoms with van der Waals surface area (Å²) < 4.78 is 7.93. The molecule has 2 N–H and O–H groups in total. The third-order valence-electron chi connectivity index (χ3n) is 5.99. The van der Waals surface area contributed by atoms with Crippen molar-refractivity contribution in [2.45, 2.75) is 18.8 Å². The molecule has 0 aliphatic carbocycles. The maximum atomic E-state index is 12.2. The van der Waals surface area contributed by atoms with E-state index < -0.39 is 0 Å². The lowest BCUT2D eigenvalue weighted by molar-refractivity contribution is -0.127. The Kier molecular flexibility index (Phi) is 5.52. The Morgan fingerprint density at radius 1 is 1.12 bits per heavy atom. The quantitative estimate of drug-likeness (QED) is 0.457. The van der Waals surface area contributed by atoms with Gasteiger partial charge in [-0.2, -0.15) is 0 Å². The molecular weight excluding hydrogens is 414 g/mol. The fourth-order valence-corrected chi connectivity index (χ4v) is 4.40. The molecule has 1 aliphatic rings. The molecule has 33 heavy (non-hydrogen) atoms. The number of nitrogens with zero attached hydrogens (tertiary/aromatic N) is 4. The SMILES string of the molecule is C=CC(=O)N1CCCC(c2nc(-c3ccc(Oc4ccccc4)cc3)c3c(N)nccn23)C1. The smallest absolute Gasteiger partial charge is 0.245 e. The lowest BCUT2D eigenvalue weighted by atomic mass is 9.97. The van der Waals surface area contributed by atoms with Crippen LogP contribution in [0.2, 0.25) is 0 Å². The normalized spacial score (nSPS) is 16.0. The van der Waals surface area contributed by atoms with Crippen LogP contribution in [0.15, 0.2) is 79.6 Å². The number of anilines is 1. The van der Waals surface area contributed by atoms with Gasteiger partial charge in [0.2, 0.25) is 5.91 Å². The van der Waals surface area contributed by atoms with E-state index in [1.807, 2.05) is 70.1 Å². The highest BCUT2D eigenvalue weighted by molar-refractivity contribution is 5.87. The van der Waals surface area contributed by atoms with E-state index in [9.17, 15) is 4.79 Å². The minimum atomic E-state index is -0.0454. The zero-order valence-electron chi connectivity index (χ0n) is 18.2. The lowest BCUT2D eigenvalue weighted by Gasteiger charge is -2.31. The summed E-state index contributed by atoms with van der Waals surface area (Å²) in [6, 6.07) is 17.5. The minimum absolute atomic E-state index is 0.0454. The molecule has 1 unspecified atom stereocenters. The van der Waals surface area contributed by atoms with E-state index in [4.69, 9.17) is 15.5 Å². The molecule has 1 fully saturated rings. The third kappa shape index (κ3) is 4.05. The number of likely N-dealkylation sites (tertiary alicyclic amines) is 1. The van der Waals surface area contributed by atoms with Gasteiger partial charge in [0.1, 0.15) is 34.4 Å². The van der Waals surface area contributed by atoms with Crippen LogP contribution in [0, 0.1) is 0 Å². The number of hydrogen-bond acceptors (Lipinski definition) is 5. The first-order valence-corrected chi connectivity index (χ1v) is 11.0. The molecule has 7 heteroatoms. The number of nitrogen functional groups attached to an aromatic ring is 1. The first kappa shape index (κ1) is 20.8. The first-order valence-electron chi connectivity index (χ1n) is 11.0. The maximum Gasteiger partial charge on any atom is 0.245 e. The minimum Gasteiger partial charge on any atom is -0.457 e. The second-order valence-corrected chi connectivity index (χ2v) is 8.12. The van der Waals surface area contributed by atoms with Crippen molar-refractivity contribution in [1.29, 1.82) is 0 Å². The van der Waals surface area contributed by atoms with Crippen molar-refractivity contribution in [2.24, 2.45) is 0 Å². The Labute approximate surface area is 192 Å². The fourth-order valence-electron chi connectivity index (χ4n) is 4.40. The van der Waals surface area contributed by atoms with Crippen molar-refractivity contribution in [3.63, 3.8) is 0 Å². The molecule has 166 valence electrons. The van der Waals surface area contributed by atoms with Gasteiger partial charge >= 0.3 is 0 Å². The van der Waals surface area contributed by atoms with Crippen LogP contribution >= 0.6 is 0 Å². The summed E-state index contributed by atoms with van der Waals surface area (Å²) >= 11 is 0. The number of hydrogen-bond donors (Lipinski definition) is 1. The maximum absolute atomic E-state index is 12.2. The molecule has 0 bridgehead atoms. The van der Waals surface area contributed by atoms with Crippen LogP contribution in [-0.4, -0.2) is 38.3 Å². The molecule has 0 radical (unpaired) electrons.